The number of nitrogens with zero attached hydrogens (tertiary/aromatic N) is 1. The highest BCUT2D eigenvalue weighted by molar-refractivity contribution is 7.89. The Bertz CT molecular complexity index is 489. The van der Waals surface area contributed by atoms with E-state index in [1.165, 1.54) is 19.4 Å². The summed E-state index contributed by atoms with van der Waals surface area (Å²) >= 11 is 0. The van der Waals surface area contributed by atoms with Gasteiger partial charge in [0.15, 0.2) is 5.75 Å². The Kier molecular flexibility index (Phi) is 3.25. The van der Waals surface area contributed by atoms with Crippen molar-refractivity contribution in [2.75, 3.05) is 7.11 Å². The highest BCUT2D eigenvalue weighted by Crippen LogP contribution is 2.27. The zero-order chi connectivity index (χ0) is 12.6. The van der Waals surface area contributed by atoms with Crippen LogP contribution in [0.2, 0.25) is 0 Å². The maximum Gasteiger partial charge on any atom is 0.241 e. The van der Waals surface area contributed by atoms with Crippen molar-refractivity contribution in [1.82, 2.24) is 4.98 Å². The molecule has 90 valence electrons. The first-order chi connectivity index (χ1) is 7.16. The Morgan fingerprint density at radius 3 is 2.31 bits per heavy atom. The normalized spacial score (nSPS) is 12.6. The summed E-state index contributed by atoms with van der Waals surface area (Å²) in [5.74, 6) is 0.163. The quantitative estimate of drug-likeness (QED) is 0.842. The van der Waals surface area contributed by atoms with Gasteiger partial charge in [0.2, 0.25) is 10.0 Å². The van der Waals surface area contributed by atoms with E-state index in [1.54, 1.807) is 0 Å². The van der Waals surface area contributed by atoms with Gasteiger partial charge in [-0.1, -0.05) is 20.8 Å². The van der Waals surface area contributed by atoms with Crippen LogP contribution >= 0.6 is 0 Å². The Morgan fingerprint density at radius 2 is 1.94 bits per heavy atom. The van der Waals surface area contributed by atoms with Crippen LogP contribution in [0.1, 0.15) is 26.5 Å². The number of hydrogen-bond donors (Lipinski definition) is 1. The monoisotopic (exact) mass is 244 g/mol. The number of methoxy groups -OCH3 is 1. The van der Waals surface area contributed by atoms with E-state index in [0.717, 1.165) is 0 Å². The molecule has 0 aliphatic rings. The summed E-state index contributed by atoms with van der Waals surface area (Å²) in [6.07, 6.45) is 1.38. The molecule has 5 nitrogen and oxygen atoms in total. The van der Waals surface area contributed by atoms with E-state index in [0.29, 0.717) is 5.69 Å². The van der Waals surface area contributed by atoms with E-state index in [2.05, 4.69) is 4.98 Å². The van der Waals surface area contributed by atoms with Gasteiger partial charge in [-0.05, 0) is 6.07 Å². The maximum atomic E-state index is 11.4. The Morgan fingerprint density at radius 1 is 1.38 bits per heavy atom. The summed E-state index contributed by atoms with van der Waals surface area (Å²) in [6, 6.07) is 1.45. The molecule has 0 unspecified atom stereocenters. The number of aromatic nitrogens is 1. The Labute approximate surface area is 95.7 Å². The molecular weight excluding hydrogens is 228 g/mol. The van der Waals surface area contributed by atoms with Gasteiger partial charge < -0.3 is 4.74 Å². The third-order valence-electron chi connectivity index (χ3n) is 2.13. The van der Waals surface area contributed by atoms with Gasteiger partial charge >= 0.3 is 0 Å². The molecule has 0 spiro atoms. The van der Waals surface area contributed by atoms with E-state index in [9.17, 15) is 8.42 Å². The van der Waals surface area contributed by atoms with Gasteiger partial charge in [-0.15, -0.1) is 0 Å². The third kappa shape index (κ3) is 2.70. The minimum atomic E-state index is -3.79. The van der Waals surface area contributed by atoms with Gasteiger partial charge in [-0.2, -0.15) is 0 Å². The average Bonchev–Trinajstić information content (AvgIpc) is 2.14. The molecule has 16 heavy (non-hydrogen) atoms. The summed E-state index contributed by atoms with van der Waals surface area (Å²) < 4.78 is 27.6. The molecule has 0 aliphatic heterocycles. The number of ether oxygens (including phenoxy) is 1. The number of pyridine rings is 1. The van der Waals surface area contributed by atoms with E-state index in [-0.39, 0.29) is 16.1 Å². The molecule has 6 heteroatoms. The molecule has 2 N–H and O–H groups in total. The van der Waals surface area contributed by atoms with Crippen LogP contribution in [0.3, 0.4) is 0 Å². The van der Waals surface area contributed by atoms with Crippen LogP contribution in [0, 0.1) is 0 Å². The highest BCUT2D eigenvalue weighted by atomic mass is 32.2. The van der Waals surface area contributed by atoms with Gasteiger partial charge in [0, 0.05) is 11.1 Å². The zero-order valence-corrected chi connectivity index (χ0v) is 10.6. The molecule has 0 aromatic carbocycles. The van der Waals surface area contributed by atoms with Crippen molar-refractivity contribution in [3.05, 3.63) is 18.0 Å². The van der Waals surface area contributed by atoms with Gasteiger partial charge in [-0.3, -0.25) is 4.98 Å². The lowest BCUT2D eigenvalue weighted by Crippen LogP contribution is -2.18. The van der Waals surface area contributed by atoms with Crippen LogP contribution < -0.4 is 9.88 Å². The maximum absolute atomic E-state index is 11.4. The van der Waals surface area contributed by atoms with Gasteiger partial charge in [0.25, 0.3) is 0 Å². The molecule has 1 aromatic rings. The van der Waals surface area contributed by atoms with E-state index < -0.39 is 10.0 Å². The first-order valence-electron chi connectivity index (χ1n) is 4.73. The molecule has 0 saturated heterocycles. The van der Waals surface area contributed by atoms with Crippen molar-refractivity contribution in [1.29, 1.82) is 0 Å². The Hall–Kier alpha value is -1.14. The third-order valence-corrected chi connectivity index (χ3v) is 3.06. The molecule has 1 aromatic heterocycles. The summed E-state index contributed by atoms with van der Waals surface area (Å²) in [5.41, 5.74) is 0.406. The lowest BCUT2D eigenvalue weighted by molar-refractivity contribution is 0.398. The van der Waals surface area contributed by atoms with Crippen molar-refractivity contribution >= 4 is 10.0 Å². The van der Waals surface area contributed by atoms with Crippen LogP contribution in [0.15, 0.2) is 17.2 Å². The van der Waals surface area contributed by atoms with E-state index >= 15 is 0 Å². The first kappa shape index (κ1) is 12.9. The molecular formula is C10H16N2O3S. The smallest absolute Gasteiger partial charge is 0.241 e. The van der Waals surface area contributed by atoms with Gasteiger partial charge in [-0.25, -0.2) is 13.6 Å². The summed E-state index contributed by atoms with van der Waals surface area (Å²) in [5, 5.41) is 5.11. The predicted molar refractivity (Wildman–Crippen MR) is 60.9 cm³/mol. The molecule has 1 rings (SSSR count). The van der Waals surface area contributed by atoms with Crippen molar-refractivity contribution in [3.8, 4) is 5.75 Å². The van der Waals surface area contributed by atoms with Crippen molar-refractivity contribution in [3.63, 3.8) is 0 Å². The number of hydrogen-bond acceptors (Lipinski definition) is 4. The molecule has 0 radical (unpaired) electrons. The van der Waals surface area contributed by atoms with Gasteiger partial charge in [0.1, 0.15) is 4.90 Å². The van der Waals surface area contributed by atoms with Crippen molar-refractivity contribution in [2.45, 2.75) is 31.1 Å². The summed E-state index contributed by atoms with van der Waals surface area (Å²) in [4.78, 5) is 4.12. The molecule has 0 amide bonds. The van der Waals surface area contributed by atoms with Crippen LogP contribution in [0.25, 0.3) is 0 Å². The fourth-order valence-electron chi connectivity index (χ4n) is 1.21. The molecule has 0 fully saturated rings. The predicted octanol–water partition coefficient (Wildman–Crippen LogP) is 1.04. The van der Waals surface area contributed by atoms with Crippen LogP contribution in [0.4, 0.5) is 0 Å². The van der Waals surface area contributed by atoms with Crippen LogP contribution in [-0.2, 0) is 15.4 Å². The lowest BCUT2D eigenvalue weighted by Gasteiger charge is -2.19. The molecule has 1 heterocycles. The van der Waals surface area contributed by atoms with Crippen molar-refractivity contribution < 1.29 is 13.2 Å². The number of nitrogens with two attached hydrogens (primary N) is 1. The lowest BCUT2D eigenvalue weighted by atomic mass is 9.92. The first-order valence-corrected chi connectivity index (χ1v) is 6.28. The molecule has 0 bridgehead atoms. The average molecular weight is 244 g/mol. The van der Waals surface area contributed by atoms with Crippen LogP contribution in [-0.4, -0.2) is 20.5 Å². The minimum absolute atomic E-state index is 0.0325. The highest BCUT2D eigenvalue weighted by Gasteiger charge is 2.22. The fourth-order valence-corrected chi connectivity index (χ4v) is 1.90. The largest absolute Gasteiger partial charge is 0.494 e. The standard InChI is InChI=1S/C10H16N2O3S/c1-10(2,3)9-5-8(16(11,13)14)7(15-4)6-12-9/h5-6H,1-4H3,(H2,11,13,14). The molecule has 0 saturated carbocycles. The van der Waals surface area contributed by atoms with E-state index in [4.69, 9.17) is 9.88 Å². The zero-order valence-electron chi connectivity index (χ0n) is 9.81. The minimum Gasteiger partial charge on any atom is -0.494 e. The molecule has 0 aliphatic carbocycles. The summed E-state index contributed by atoms with van der Waals surface area (Å²) in [7, 11) is -2.42. The molecule has 0 atom stereocenters. The second-order valence-electron chi connectivity index (χ2n) is 4.52. The van der Waals surface area contributed by atoms with Crippen molar-refractivity contribution in [2.24, 2.45) is 5.14 Å². The second-order valence-corrected chi connectivity index (χ2v) is 6.05. The second kappa shape index (κ2) is 4.03. The fraction of sp³-hybridized carbons (Fsp3) is 0.500. The number of rotatable bonds is 2. The SMILES string of the molecule is COc1cnc(C(C)(C)C)cc1S(N)(=O)=O. The van der Waals surface area contributed by atoms with E-state index in [1.807, 2.05) is 20.8 Å². The number of primary sulfonamides is 1. The number of sulfonamides is 1. The van der Waals surface area contributed by atoms with Crippen LogP contribution in [0.5, 0.6) is 5.75 Å². The summed E-state index contributed by atoms with van der Waals surface area (Å²) in [6.45, 7) is 5.82. The Balaban J connectivity index is 3.46. The van der Waals surface area contributed by atoms with Gasteiger partial charge in [0.05, 0.1) is 13.3 Å². The topological polar surface area (TPSA) is 82.3 Å².